The van der Waals surface area contributed by atoms with Gasteiger partial charge in [0.15, 0.2) is 0 Å². The Kier molecular flexibility index (Phi) is 5.41. The maximum absolute atomic E-state index is 6.16. The second kappa shape index (κ2) is 7.06. The molecule has 1 aromatic carbocycles. The van der Waals surface area contributed by atoms with Crippen molar-refractivity contribution in [2.75, 3.05) is 6.54 Å². The molecule has 2 unspecified atom stereocenters. The van der Waals surface area contributed by atoms with Gasteiger partial charge in [-0.15, -0.1) is 0 Å². The molecule has 0 saturated carbocycles. The highest BCUT2D eigenvalue weighted by molar-refractivity contribution is 5.22. The molecular formula is C17H28N2. The zero-order chi connectivity index (χ0) is 13.7. The molecule has 0 aromatic heterocycles. The standard InChI is InChI=1S/C17H28N2/c1-3-16(18)12-17-9-4-5-10-19(17)13-15-8-6-7-14(2)11-15/h6-8,11,16-17H,3-5,9-10,12-13,18H2,1-2H3. The smallest absolute Gasteiger partial charge is 0.0236 e. The van der Waals surface area contributed by atoms with Crippen LogP contribution in [0.15, 0.2) is 24.3 Å². The molecule has 0 bridgehead atoms. The number of hydrogen-bond donors (Lipinski definition) is 1. The van der Waals surface area contributed by atoms with Gasteiger partial charge in [-0.1, -0.05) is 43.2 Å². The van der Waals surface area contributed by atoms with Crippen LogP contribution < -0.4 is 5.73 Å². The van der Waals surface area contributed by atoms with Crippen molar-refractivity contribution in [1.29, 1.82) is 0 Å². The fourth-order valence-electron chi connectivity index (χ4n) is 3.10. The first-order valence-corrected chi connectivity index (χ1v) is 7.74. The maximum Gasteiger partial charge on any atom is 0.0236 e. The van der Waals surface area contributed by atoms with Crippen molar-refractivity contribution in [2.45, 2.75) is 64.6 Å². The molecule has 0 amide bonds. The van der Waals surface area contributed by atoms with Crippen molar-refractivity contribution in [1.82, 2.24) is 4.90 Å². The van der Waals surface area contributed by atoms with Crippen LogP contribution in [-0.4, -0.2) is 23.5 Å². The van der Waals surface area contributed by atoms with Gasteiger partial charge in [-0.3, -0.25) is 4.90 Å². The fourth-order valence-corrected chi connectivity index (χ4v) is 3.10. The molecule has 19 heavy (non-hydrogen) atoms. The lowest BCUT2D eigenvalue weighted by Crippen LogP contribution is -2.42. The van der Waals surface area contributed by atoms with Gasteiger partial charge < -0.3 is 5.73 Å². The third-order valence-electron chi connectivity index (χ3n) is 4.32. The molecule has 106 valence electrons. The van der Waals surface area contributed by atoms with Crippen LogP contribution in [0.1, 0.15) is 50.2 Å². The van der Waals surface area contributed by atoms with Gasteiger partial charge in [0.1, 0.15) is 0 Å². The van der Waals surface area contributed by atoms with Crippen molar-refractivity contribution in [2.24, 2.45) is 5.73 Å². The minimum Gasteiger partial charge on any atom is -0.328 e. The molecule has 2 heteroatoms. The van der Waals surface area contributed by atoms with E-state index in [9.17, 15) is 0 Å². The van der Waals surface area contributed by atoms with Crippen molar-refractivity contribution >= 4 is 0 Å². The Morgan fingerprint density at radius 2 is 2.21 bits per heavy atom. The van der Waals surface area contributed by atoms with Crippen LogP contribution in [0.4, 0.5) is 0 Å². The quantitative estimate of drug-likeness (QED) is 0.878. The topological polar surface area (TPSA) is 29.3 Å². The van der Waals surface area contributed by atoms with E-state index in [1.54, 1.807) is 0 Å². The van der Waals surface area contributed by atoms with E-state index in [1.807, 2.05) is 0 Å². The summed E-state index contributed by atoms with van der Waals surface area (Å²) in [5.74, 6) is 0. The molecule has 2 atom stereocenters. The molecule has 1 fully saturated rings. The summed E-state index contributed by atoms with van der Waals surface area (Å²) in [6.45, 7) is 6.68. The van der Waals surface area contributed by atoms with Gasteiger partial charge in [-0.05, 0) is 44.7 Å². The maximum atomic E-state index is 6.16. The summed E-state index contributed by atoms with van der Waals surface area (Å²) < 4.78 is 0. The second-order valence-corrected chi connectivity index (χ2v) is 6.01. The van der Waals surface area contributed by atoms with E-state index in [1.165, 1.54) is 36.9 Å². The Hall–Kier alpha value is -0.860. The second-order valence-electron chi connectivity index (χ2n) is 6.01. The molecule has 2 N–H and O–H groups in total. The summed E-state index contributed by atoms with van der Waals surface area (Å²) in [6, 6.07) is 9.95. The number of likely N-dealkylation sites (tertiary alicyclic amines) is 1. The van der Waals surface area contributed by atoms with Crippen molar-refractivity contribution in [3.63, 3.8) is 0 Å². The van der Waals surface area contributed by atoms with Crippen LogP contribution in [0.25, 0.3) is 0 Å². The zero-order valence-corrected chi connectivity index (χ0v) is 12.4. The van der Waals surface area contributed by atoms with Gasteiger partial charge in [0.05, 0.1) is 0 Å². The number of rotatable bonds is 5. The Labute approximate surface area is 118 Å². The molecular weight excluding hydrogens is 232 g/mol. The van der Waals surface area contributed by atoms with E-state index in [0.717, 1.165) is 19.4 Å². The van der Waals surface area contributed by atoms with Crippen LogP contribution in [-0.2, 0) is 6.54 Å². The molecule has 1 saturated heterocycles. The number of aryl methyl sites for hydroxylation is 1. The SMILES string of the molecule is CCC(N)CC1CCCCN1Cc1cccc(C)c1. The summed E-state index contributed by atoms with van der Waals surface area (Å²) in [6.07, 6.45) is 6.27. The van der Waals surface area contributed by atoms with Crippen LogP contribution >= 0.6 is 0 Å². The Balaban J connectivity index is 1.99. The molecule has 0 radical (unpaired) electrons. The average Bonchev–Trinajstić information content (AvgIpc) is 2.41. The predicted octanol–water partition coefficient (Wildman–Crippen LogP) is 3.48. The molecule has 1 aliphatic rings. The Morgan fingerprint density at radius 1 is 1.37 bits per heavy atom. The zero-order valence-electron chi connectivity index (χ0n) is 12.4. The number of piperidine rings is 1. The largest absolute Gasteiger partial charge is 0.328 e. The van der Waals surface area contributed by atoms with Gasteiger partial charge in [-0.2, -0.15) is 0 Å². The third kappa shape index (κ3) is 4.32. The summed E-state index contributed by atoms with van der Waals surface area (Å²) in [7, 11) is 0. The predicted molar refractivity (Wildman–Crippen MR) is 82.1 cm³/mol. The number of benzene rings is 1. The first-order chi connectivity index (χ1) is 9.19. The summed E-state index contributed by atoms with van der Waals surface area (Å²) >= 11 is 0. The molecule has 1 aliphatic heterocycles. The fraction of sp³-hybridized carbons (Fsp3) is 0.647. The Bertz CT molecular complexity index is 389. The van der Waals surface area contributed by atoms with E-state index in [-0.39, 0.29) is 0 Å². The van der Waals surface area contributed by atoms with Crippen LogP contribution in [0.5, 0.6) is 0 Å². The normalized spacial score (nSPS) is 22.4. The average molecular weight is 260 g/mol. The molecule has 2 nitrogen and oxygen atoms in total. The van der Waals surface area contributed by atoms with Crippen LogP contribution in [0.3, 0.4) is 0 Å². The number of hydrogen-bond acceptors (Lipinski definition) is 2. The number of nitrogens with two attached hydrogens (primary N) is 1. The lowest BCUT2D eigenvalue weighted by molar-refractivity contribution is 0.126. The minimum atomic E-state index is 0.364. The van der Waals surface area contributed by atoms with Gasteiger partial charge >= 0.3 is 0 Å². The first kappa shape index (κ1) is 14.5. The van der Waals surface area contributed by atoms with E-state index < -0.39 is 0 Å². The highest BCUT2D eigenvalue weighted by Crippen LogP contribution is 2.23. The van der Waals surface area contributed by atoms with E-state index in [2.05, 4.69) is 43.0 Å². The van der Waals surface area contributed by atoms with Gasteiger partial charge in [-0.25, -0.2) is 0 Å². The van der Waals surface area contributed by atoms with E-state index in [0.29, 0.717) is 12.1 Å². The summed E-state index contributed by atoms with van der Waals surface area (Å²) in [5, 5.41) is 0. The highest BCUT2D eigenvalue weighted by Gasteiger charge is 2.23. The number of nitrogens with zero attached hydrogens (tertiary/aromatic N) is 1. The van der Waals surface area contributed by atoms with E-state index in [4.69, 9.17) is 5.73 Å². The molecule has 0 aliphatic carbocycles. The summed E-state index contributed by atoms with van der Waals surface area (Å²) in [4.78, 5) is 2.65. The third-order valence-corrected chi connectivity index (χ3v) is 4.32. The molecule has 1 aromatic rings. The van der Waals surface area contributed by atoms with Crippen LogP contribution in [0.2, 0.25) is 0 Å². The molecule has 0 spiro atoms. The lowest BCUT2D eigenvalue weighted by Gasteiger charge is -2.37. The van der Waals surface area contributed by atoms with Gasteiger partial charge in [0.25, 0.3) is 0 Å². The minimum absolute atomic E-state index is 0.364. The summed E-state index contributed by atoms with van der Waals surface area (Å²) in [5.41, 5.74) is 8.96. The van der Waals surface area contributed by atoms with Crippen molar-refractivity contribution < 1.29 is 0 Å². The lowest BCUT2D eigenvalue weighted by atomic mass is 9.94. The van der Waals surface area contributed by atoms with Crippen LogP contribution in [0, 0.1) is 6.92 Å². The molecule has 2 rings (SSSR count). The van der Waals surface area contributed by atoms with Gasteiger partial charge in [0.2, 0.25) is 0 Å². The Morgan fingerprint density at radius 3 is 2.95 bits per heavy atom. The van der Waals surface area contributed by atoms with Crippen molar-refractivity contribution in [3.05, 3.63) is 35.4 Å². The first-order valence-electron chi connectivity index (χ1n) is 7.74. The highest BCUT2D eigenvalue weighted by atomic mass is 15.2. The van der Waals surface area contributed by atoms with Gasteiger partial charge in [0, 0.05) is 18.6 Å². The van der Waals surface area contributed by atoms with E-state index >= 15 is 0 Å². The molecule has 1 heterocycles. The monoisotopic (exact) mass is 260 g/mol. The van der Waals surface area contributed by atoms with Crippen molar-refractivity contribution in [3.8, 4) is 0 Å².